The molecule has 0 radical (unpaired) electrons. The molecule has 0 bridgehead atoms. The van der Waals surface area contributed by atoms with E-state index in [9.17, 15) is 0 Å². The quantitative estimate of drug-likeness (QED) is 0.484. The van der Waals surface area contributed by atoms with E-state index in [1.807, 2.05) is 6.08 Å². The molecular weight excluding hydrogens is 188 g/mol. The number of allylic oxidation sites excluding steroid dienone is 1. The van der Waals surface area contributed by atoms with Gasteiger partial charge in [-0.1, -0.05) is 47.5 Å². The molecule has 0 atom stereocenters. The minimum atomic E-state index is 1.03. The highest BCUT2D eigenvalue weighted by atomic mass is 79.9. The first-order valence-corrected chi connectivity index (χ1v) is 4.57. The molecule has 0 fully saturated rings. The maximum atomic E-state index is 3.15. The van der Waals surface area contributed by atoms with Crippen LogP contribution in [0.4, 0.5) is 0 Å². The Kier molecular flexibility index (Phi) is 8.59. The summed E-state index contributed by atoms with van der Waals surface area (Å²) in [5.41, 5.74) is 0. The molecule has 0 unspecified atom stereocenters. The molecule has 0 heterocycles. The fraction of sp³-hybridized carbons (Fsp3) is 0.556. The summed E-state index contributed by atoms with van der Waals surface area (Å²) in [7, 11) is 0. The Morgan fingerprint density at radius 3 is 2.80 bits per heavy atom. The normalized spacial score (nSPS) is 9.40. The van der Waals surface area contributed by atoms with E-state index in [4.69, 9.17) is 0 Å². The third-order valence-corrected chi connectivity index (χ3v) is 1.42. The summed E-state index contributed by atoms with van der Waals surface area (Å²) in [4.78, 5) is 1.78. The second-order valence-corrected chi connectivity index (χ2v) is 2.60. The highest BCUT2D eigenvalue weighted by molar-refractivity contribution is 9.11. The topological polar surface area (TPSA) is 0 Å². The van der Waals surface area contributed by atoms with Crippen molar-refractivity contribution in [1.29, 1.82) is 0 Å². The van der Waals surface area contributed by atoms with Gasteiger partial charge in [0, 0.05) is 6.42 Å². The van der Waals surface area contributed by atoms with Crippen molar-refractivity contribution in [2.45, 2.75) is 32.6 Å². The van der Waals surface area contributed by atoms with Gasteiger partial charge >= 0.3 is 0 Å². The van der Waals surface area contributed by atoms with Crippen LogP contribution in [0.15, 0.2) is 11.1 Å². The van der Waals surface area contributed by atoms with Crippen LogP contribution in [0.2, 0.25) is 0 Å². The molecule has 0 saturated heterocycles. The predicted molar refractivity (Wildman–Crippen MR) is 50.0 cm³/mol. The van der Waals surface area contributed by atoms with Crippen LogP contribution in [0.5, 0.6) is 0 Å². The molecule has 0 aromatic rings. The molecule has 56 valence electrons. The van der Waals surface area contributed by atoms with Crippen LogP contribution in [0.25, 0.3) is 0 Å². The second kappa shape index (κ2) is 8.78. The van der Waals surface area contributed by atoms with Crippen molar-refractivity contribution < 1.29 is 0 Å². The molecule has 0 amide bonds. The first-order valence-electron chi connectivity index (χ1n) is 3.65. The molecule has 0 aliphatic rings. The van der Waals surface area contributed by atoms with Crippen LogP contribution < -0.4 is 0 Å². The number of unbranched alkanes of at least 4 members (excludes halogenated alkanes) is 3. The number of hydrogen-bond acceptors (Lipinski definition) is 0. The Morgan fingerprint density at radius 1 is 1.40 bits per heavy atom. The van der Waals surface area contributed by atoms with E-state index in [2.05, 4.69) is 34.7 Å². The van der Waals surface area contributed by atoms with E-state index in [1.54, 1.807) is 4.99 Å². The van der Waals surface area contributed by atoms with Gasteiger partial charge < -0.3 is 0 Å². The second-order valence-electron chi connectivity index (χ2n) is 2.07. The molecule has 0 spiro atoms. The highest BCUT2D eigenvalue weighted by Gasteiger charge is 1.78. The van der Waals surface area contributed by atoms with Crippen molar-refractivity contribution in [3.8, 4) is 11.8 Å². The smallest absolute Gasteiger partial charge is 0.00922 e. The summed E-state index contributed by atoms with van der Waals surface area (Å²) >= 11 is 3.15. The van der Waals surface area contributed by atoms with Crippen LogP contribution in [0, 0.1) is 11.8 Å². The van der Waals surface area contributed by atoms with Crippen molar-refractivity contribution in [3.63, 3.8) is 0 Å². The first-order chi connectivity index (χ1) is 4.91. The molecular formula is C9H13Br. The molecule has 0 aliphatic heterocycles. The zero-order valence-electron chi connectivity index (χ0n) is 6.36. The summed E-state index contributed by atoms with van der Waals surface area (Å²) in [6.45, 7) is 2.20. The van der Waals surface area contributed by atoms with Gasteiger partial charge in [0.2, 0.25) is 0 Å². The third-order valence-electron chi connectivity index (χ3n) is 1.15. The summed E-state index contributed by atoms with van der Waals surface area (Å²) in [6.07, 6.45) is 6.65. The van der Waals surface area contributed by atoms with Gasteiger partial charge in [0.1, 0.15) is 0 Å². The van der Waals surface area contributed by atoms with Crippen molar-refractivity contribution in [2.75, 3.05) is 0 Å². The van der Waals surface area contributed by atoms with Gasteiger partial charge in [0.05, 0.1) is 0 Å². The minimum absolute atomic E-state index is 1.03. The highest BCUT2D eigenvalue weighted by Crippen LogP contribution is 1.96. The standard InChI is InChI=1S/C9H13Br/c1-2-3-4-5-6-7-8-9-10/h8-9H,2-5H2,1H3. The molecule has 0 saturated carbocycles. The van der Waals surface area contributed by atoms with Gasteiger partial charge in [0.25, 0.3) is 0 Å². The average molecular weight is 201 g/mol. The van der Waals surface area contributed by atoms with Crippen molar-refractivity contribution >= 4 is 15.9 Å². The van der Waals surface area contributed by atoms with Gasteiger partial charge in [-0.2, -0.15) is 0 Å². The molecule has 0 aliphatic carbocycles. The molecule has 1 heteroatoms. The lowest BCUT2D eigenvalue weighted by Gasteiger charge is -1.86. The largest absolute Gasteiger partial charge is 0.0985 e. The van der Waals surface area contributed by atoms with E-state index < -0.39 is 0 Å². The Hall–Kier alpha value is -0.220. The summed E-state index contributed by atoms with van der Waals surface area (Å²) in [5.74, 6) is 5.97. The van der Waals surface area contributed by atoms with Crippen LogP contribution >= 0.6 is 15.9 Å². The Labute approximate surface area is 71.8 Å². The van der Waals surface area contributed by atoms with E-state index >= 15 is 0 Å². The lowest BCUT2D eigenvalue weighted by molar-refractivity contribution is 0.737. The van der Waals surface area contributed by atoms with Gasteiger partial charge in [-0.25, -0.2) is 0 Å². The fourth-order valence-electron chi connectivity index (χ4n) is 0.626. The van der Waals surface area contributed by atoms with E-state index in [-0.39, 0.29) is 0 Å². The maximum Gasteiger partial charge on any atom is 0.00922 e. The molecule has 10 heavy (non-hydrogen) atoms. The van der Waals surface area contributed by atoms with Crippen LogP contribution in [-0.2, 0) is 0 Å². The van der Waals surface area contributed by atoms with Crippen molar-refractivity contribution in [2.24, 2.45) is 0 Å². The van der Waals surface area contributed by atoms with E-state index in [1.165, 1.54) is 19.3 Å². The SMILES string of the molecule is CCCCCC#CC=CBr. The zero-order chi connectivity index (χ0) is 7.66. The van der Waals surface area contributed by atoms with Gasteiger partial charge in [0.15, 0.2) is 0 Å². The Balaban J connectivity index is 3.12. The van der Waals surface area contributed by atoms with Gasteiger partial charge in [-0.3, -0.25) is 0 Å². The molecule has 0 rings (SSSR count). The lowest BCUT2D eigenvalue weighted by Crippen LogP contribution is -1.69. The fourth-order valence-corrected chi connectivity index (χ4v) is 0.758. The molecule has 0 nitrogen and oxygen atoms in total. The zero-order valence-corrected chi connectivity index (χ0v) is 7.95. The summed E-state index contributed by atoms with van der Waals surface area (Å²) < 4.78 is 0. The minimum Gasteiger partial charge on any atom is -0.0985 e. The van der Waals surface area contributed by atoms with E-state index in [0.717, 1.165) is 6.42 Å². The number of hydrogen-bond donors (Lipinski definition) is 0. The molecule has 0 aromatic heterocycles. The predicted octanol–water partition coefficient (Wildman–Crippen LogP) is 3.48. The average Bonchev–Trinajstić information content (AvgIpc) is 1.97. The van der Waals surface area contributed by atoms with Crippen molar-refractivity contribution in [1.82, 2.24) is 0 Å². The third kappa shape index (κ3) is 7.78. The number of rotatable bonds is 3. The van der Waals surface area contributed by atoms with Gasteiger partial charge in [-0.05, 0) is 17.5 Å². The lowest BCUT2D eigenvalue weighted by atomic mass is 10.2. The van der Waals surface area contributed by atoms with Crippen LogP contribution in [-0.4, -0.2) is 0 Å². The summed E-state index contributed by atoms with van der Waals surface area (Å²) in [6, 6.07) is 0. The summed E-state index contributed by atoms with van der Waals surface area (Å²) in [5, 5.41) is 0. The van der Waals surface area contributed by atoms with Crippen LogP contribution in [0.1, 0.15) is 32.6 Å². The molecule has 0 N–H and O–H groups in total. The van der Waals surface area contributed by atoms with E-state index in [0.29, 0.717) is 0 Å². The first kappa shape index (κ1) is 9.78. The maximum absolute atomic E-state index is 3.15. The Bertz CT molecular complexity index is 137. The number of halogens is 1. The van der Waals surface area contributed by atoms with Gasteiger partial charge in [-0.15, -0.1) is 0 Å². The monoisotopic (exact) mass is 200 g/mol. The van der Waals surface area contributed by atoms with Crippen molar-refractivity contribution in [3.05, 3.63) is 11.1 Å². The molecule has 0 aromatic carbocycles. The Morgan fingerprint density at radius 2 is 2.20 bits per heavy atom. The van der Waals surface area contributed by atoms with Crippen LogP contribution in [0.3, 0.4) is 0 Å².